The predicted octanol–water partition coefficient (Wildman–Crippen LogP) is 2.90. The summed E-state index contributed by atoms with van der Waals surface area (Å²) in [6.07, 6.45) is 1.39. The third-order valence-electron chi connectivity index (χ3n) is 3.56. The zero-order valence-electron chi connectivity index (χ0n) is 12.9. The van der Waals surface area contributed by atoms with E-state index in [1.807, 2.05) is 19.1 Å². The summed E-state index contributed by atoms with van der Waals surface area (Å²) >= 11 is 0. The van der Waals surface area contributed by atoms with Crippen molar-refractivity contribution in [2.24, 2.45) is 0 Å². The monoisotopic (exact) mass is 297 g/mol. The zero-order valence-corrected chi connectivity index (χ0v) is 13.7. The highest BCUT2D eigenvalue weighted by atomic mass is 32.2. The van der Waals surface area contributed by atoms with Gasteiger partial charge < -0.3 is 5.32 Å². The molecule has 0 amide bonds. The van der Waals surface area contributed by atoms with Crippen LogP contribution in [0.5, 0.6) is 0 Å². The van der Waals surface area contributed by atoms with Gasteiger partial charge in [0.25, 0.3) is 0 Å². The van der Waals surface area contributed by atoms with E-state index in [0.29, 0.717) is 18.6 Å². The average Bonchev–Trinajstić information content (AvgIpc) is 2.40. The third kappa shape index (κ3) is 5.63. The smallest absolute Gasteiger partial charge is 0.150 e. The Morgan fingerprint density at radius 2 is 1.85 bits per heavy atom. The molecule has 4 heteroatoms. The van der Waals surface area contributed by atoms with Crippen molar-refractivity contribution < 1.29 is 8.42 Å². The van der Waals surface area contributed by atoms with Crippen molar-refractivity contribution in [1.82, 2.24) is 5.32 Å². The maximum absolute atomic E-state index is 11.9. The number of benzene rings is 1. The van der Waals surface area contributed by atoms with E-state index < -0.39 is 9.84 Å². The van der Waals surface area contributed by atoms with E-state index in [1.54, 1.807) is 0 Å². The van der Waals surface area contributed by atoms with Crippen molar-refractivity contribution in [3.8, 4) is 0 Å². The van der Waals surface area contributed by atoms with Gasteiger partial charge in [0.15, 0.2) is 0 Å². The van der Waals surface area contributed by atoms with Crippen molar-refractivity contribution >= 4 is 9.84 Å². The van der Waals surface area contributed by atoms with Gasteiger partial charge >= 0.3 is 0 Å². The molecule has 1 rings (SSSR count). The van der Waals surface area contributed by atoms with E-state index in [0.717, 1.165) is 13.1 Å². The molecule has 1 N–H and O–H groups in total. The van der Waals surface area contributed by atoms with Crippen LogP contribution in [0.3, 0.4) is 0 Å². The number of hydrogen-bond acceptors (Lipinski definition) is 3. The van der Waals surface area contributed by atoms with Gasteiger partial charge in [-0.25, -0.2) is 8.42 Å². The molecule has 0 aromatic heterocycles. The molecule has 0 radical (unpaired) electrons. The Morgan fingerprint density at radius 3 is 2.45 bits per heavy atom. The summed E-state index contributed by atoms with van der Waals surface area (Å²) in [4.78, 5) is 0. The van der Waals surface area contributed by atoms with Crippen LogP contribution in [0.25, 0.3) is 0 Å². The first-order valence-electron chi connectivity index (χ1n) is 7.46. The minimum absolute atomic E-state index is 0.266. The number of nitrogens with one attached hydrogen (secondary N) is 1. The minimum Gasteiger partial charge on any atom is -0.316 e. The summed E-state index contributed by atoms with van der Waals surface area (Å²) in [6, 6.07) is 8.26. The molecule has 0 bridgehead atoms. The van der Waals surface area contributed by atoms with Crippen molar-refractivity contribution in [3.05, 3.63) is 35.4 Å². The number of aryl methyl sites for hydroxylation is 1. The van der Waals surface area contributed by atoms with Crippen LogP contribution in [0.4, 0.5) is 0 Å². The Labute approximate surface area is 123 Å². The Kier molecular flexibility index (Phi) is 7.24. The van der Waals surface area contributed by atoms with Crippen molar-refractivity contribution in [3.63, 3.8) is 0 Å². The molecule has 114 valence electrons. The zero-order chi connectivity index (χ0) is 15.0. The van der Waals surface area contributed by atoms with Gasteiger partial charge in [0.2, 0.25) is 0 Å². The van der Waals surface area contributed by atoms with E-state index >= 15 is 0 Å². The number of sulfone groups is 1. The second kappa shape index (κ2) is 8.42. The predicted molar refractivity (Wildman–Crippen MR) is 86.0 cm³/mol. The number of rotatable bonds is 9. The standard InChI is InChI=1S/C16H27NO2S/c1-4-11-20(18,19)12-10-15(13-17-5-2)16-9-7-6-8-14(16)3/h6-9,15,17H,4-5,10-13H2,1-3H3. The summed E-state index contributed by atoms with van der Waals surface area (Å²) in [5.41, 5.74) is 2.50. The van der Waals surface area contributed by atoms with Crippen LogP contribution in [-0.4, -0.2) is 33.0 Å². The Hall–Kier alpha value is -0.870. The van der Waals surface area contributed by atoms with Gasteiger partial charge in [0.1, 0.15) is 9.84 Å². The summed E-state index contributed by atoms with van der Waals surface area (Å²) in [5.74, 6) is 0.850. The summed E-state index contributed by atoms with van der Waals surface area (Å²) in [7, 11) is -2.90. The molecule has 1 aromatic rings. The molecule has 20 heavy (non-hydrogen) atoms. The van der Waals surface area contributed by atoms with Gasteiger partial charge in [0.05, 0.1) is 5.75 Å². The van der Waals surface area contributed by atoms with E-state index in [2.05, 4.69) is 31.3 Å². The van der Waals surface area contributed by atoms with E-state index in [9.17, 15) is 8.42 Å². The van der Waals surface area contributed by atoms with E-state index in [-0.39, 0.29) is 11.7 Å². The lowest BCUT2D eigenvalue weighted by atomic mass is 9.92. The van der Waals surface area contributed by atoms with Gasteiger partial charge in [-0.1, -0.05) is 38.1 Å². The van der Waals surface area contributed by atoms with Gasteiger partial charge in [0, 0.05) is 12.3 Å². The van der Waals surface area contributed by atoms with E-state index in [4.69, 9.17) is 0 Å². The molecular weight excluding hydrogens is 270 g/mol. The van der Waals surface area contributed by atoms with Crippen LogP contribution in [-0.2, 0) is 9.84 Å². The molecule has 0 spiro atoms. The molecule has 3 nitrogen and oxygen atoms in total. The topological polar surface area (TPSA) is 46.2 Å². The minimum atomic E-state index is -2.90. The lowest BCUT2D eigenvalue weighted by Crippen LogP contribution is -2.24. The second-order valence-electron chi connectivity index (χ2n) is 5.30. The second-order valence-corrected chi connectivity index (χ2v) is 7.61. The fourth-order valence-electron chi connectivity index (χ4n) is 2.47. The molecular formula is C16H27NO2S. The summed E-state index contributed by atoms with van der Waals surface area (Å²) in [5, 5.41) is 3.35. The van der Waals surface area contributed by atoms with Gasteiger partial charge in [-0.3, -0.25) is 0 Å². The lowest BCUT2D eigenvalue weighted by molar-refractivity contribution is 0.561. The van der Waals surface area contributed by atoms with Gasteiger partial charge in [-0.15, -0.1) is 0 Å². The SMILES string of the molecule is CCCS(=O)(=O)CCC(CNCC)c1ccccc1C. The van der Waals surface area contributed by atoms with Crippen molar-refractivity contribution in [1.29, 1.82) is 0 Å². The van der Waals surface area contributed by atoms with Crippen LogP contribution in [0, 0.1) is 6.92 Å². The first-order valence-corrected chi connectivity index (χ1v) is 9.29. The fourth-order valence-corrected chi connectivity index (χ4v) is 3.94. The largest absolute Gasteiger partial charge is 0.316 e. The molecule has 0 aliphatic carbocycles. The quantitative estimate of drug-likeness (QED) is 0.762. The Morgan fingerprint density at radius 1 is 1.15 bits per heavy atom. The van der Waals surface area contributed by atoms with Crippen LogP contribution in [0.1, 0.15) is 43.7 Å². The van der Waals surface area contributed by atoms with Crippen LogP contribution in [0.15, 0.2) is 24.3 Å². The molecule has 0 fully saturated rings. The number of hydrogen-bond donors (Lipinski definition) is 1. The molecule has 1 aromatic carbocycles. The van der Waals surface area contributed by atoms with Crippen LogP contribution >= 0.6 is 0 Å². The maximum atomic E-state index is 11.9. The van der Waals surface area contributed by atoms with E-state index in [1.165, 1.54) is 11.1 Å². The highest BCUT2D eigenvalue weighted by Crippen LogP contribution is 2.23. The van der Waals surface area contributed by atoms with Crippen LogP contribution in [0.2, 0.25) is 0 Å². The first kappa shape index (κ1) is 17.2. The van der Waals surface area contributed by atoms with Crippen molar-refractivity contribution in [2.75, 3.05) is 24.6 Å². The molecule has 0 heterocycles. The number of likely N-dealkylation sites (N-methyl/N-ethyl adjacent to an activating group) is 1. The Balaban J connectivity index is 2.78. The molecule has 1 unspecified atom stereocenters. The normalized spacial score (nSPS) is 13.3. The van der Waals surface area contributed by atoms with Gasteiger partial charge in [-0.2, -0.15) is 0 Å². The Bertz CT molecular complexity index is 497. The maximum Gasteiger partial charge on any atom is 0.150 e. The molecule has 0 aliphatic rings. The third-order valence-corrected chi connectivity index (χ3v) is 5.45. The summed E-state index contributed by atoms with van der Waals surface area (Å²) in [6.45, 7) is 7.82. The molecule has 1 atom stereocenters. The molecule has 0 saturated heterocycles. The highest BCUT2D eigenvalue weighted by molar-refractivity contribution is 7.91. The highest BCUT2D eigenvalue weighted by Gasteiger charge is 2.17. The molecule has 0 aliphatic heterocycles. The summed E-state index contributed by atoms with van der Waals surface area (Å²) < 4.78 is 23.8. The van der Waals surface area contributed by atoms with Gasteiger partial charge in [-0.05, 0) is 43.4 Å². The fraction of sp³-hybridized carbons (Fsp3) is 0.625. The van der Waals surface area contributed by atoms with Crippen LogP contribution < -0.4 is 5.32 Å². The average molecular weight is 297 g/mol. The first-order chi connectivity index (χ1) is 9.50. The lowest BCUT2D eigenvalue weighted by Gasteiger charge is -2.20. The molecule has 0 saturated carbocycles. The van der Waals surface area contributed by atoms with Crippen molar-refractivity contribution in [2.45, 2.75) is 39.5 Å².